The highest BCUT2D eigenvalue weighted by Gasteiger charge is 2.29. The van der Waals surface area contributed by atoms with E-state index >= 15 is 0 Å². The van der Waals surface area contributed by atoms with E-state index in [0.717, 1.165) is 22.3 Å². The molecule has 0 aliphatic heterocycles. The second kappa shape index (κ2) is 18.2. The minimum atomic E-state index is -1.06. The lowest BCUT2D eigenvalue weighted by Gasteiger charge is -2.28. The zero-order chi connectivity index (χ0) is 35.1. The number of hydrogen-bond donors (Lipinski definition) is 2. The van der Waals surface area contributed by atoms with Crippen molar-refractivity contribution in [1.82, 2.24) is 25.1 Å². The van der Waals surface area contributed by atoms with Gasteiger partial charge in [-0.05, 0) is 46.4 Å². The van der Waals surface area contributed by atoms with Crippen LogP contribution in [0.4, 0.5) is 4.79 Å². The molecule has 0 aliphatic rings. The SMILES string of the molecule is C[C@H](CNC(=O)CN(Cc1ccc(OCc2ccccc2)cc1)C(=O)[C@H](Cn1ccnc1)NC(=O)OCc1ccccc1)c1ccccc1Cl. The first-order valence-corrected chi connectivity index (χ1v) is 16.7. The molecular weight excluding hydrogens is 654 g/mol. The van der Waals surface area contributed by atoms with Crippen molar-refractivity contribution in [2.24, 2.45) is 0 Å². The Bertz CT molecular complexity index is 1800. The van der Waals surface area contributed by atoms with Gasteiger partial charge in [0.2, 0.25) is 11.8 Å². The van der Waals surface area contributed by atoms with Gasteiger partial charge in [0, 0.05) is 30.5 Å². The fraction of sp³-hybridized carbons (Fsp3) is 0.231. The van der Waals surface area contributed by atoms with Crippen LogP contribution in [0.2, 0.25) is 5.02 Å². The Hall–Kier alpha value is -5.61. The maximum atomic E-state index is 14.2. The number of hydrogen-bond acceptors (Lipinski definition) is 6. The molecule has 50 heavy (non-hydrogen) atoms. The Morgan fingerprint density at radius 1 is 0.840 bits per heavy atom. The Kier molecular flexibility index (Phi) is 13.0. The average Bonchev–Trinajstić information content (AvgIpc) is 3.66. The van der Waals surface area contributed by atoms with Crippen molar-refractivity contribution < 1.29 is 23.9 Å². The van der Waals surface area contributed by atoms with Crippen LogP contribution in [0.25, 0.3) is 0 Å². The van der Waals surface area contributed by atoms with Gasteiger partial charge in [-0.15, -0.1) is 0 Å². The molecule has 5 rings (SSSR count). The third kappa shape index (κ3) is 11.0. The van der Waals surface area contributed by atoms with Crippen molar-refractivity contribution in [3.63, 3.8) is 0 Å². The largest absolute Gasteiger partial charge is 0.489 e. The molecule has 1 heterocycles. The molecule has 0 aliphatic carbocycles. The summed E-state index contributed by atoms with van der Waals surface area (Å²) in [6, 6.07) is 32.9. The van der Waals surface area contributed by atoms with E-state index in [4.69, 9.17) is 21.1 Å². The van der Waals surface area contributed by atoms with Crippen LogP contribution in [0.15, 0.2) is 128 Å². The summed E-state index contributed by atoms with van der Waals surface area (Å²) in [5.41, 5.74) is 3.54. The molecule has 11 heteroatoms. The van der Waals surface area contributed by atoms with Crippen LogP contribution in [0, 0.1) is 0 Å². The Morgan fingerprint density at radius 2 is 1.50 bits per heavy atom. The number of carbonyl (C=O) groups is 3. The van der Waals surface area contributed by atoms with Gasteiger partial charge in [-0.25, -0.2) is 9.78 Å². The summed E-state index contributed by atoms with van der Waals surface area (Å²) in [5, 5.41) is 6.28. The summed E-state index contributed by atoms with van der Waals surface area (Å²) in [5.74, 6) is -0.208. The molecule has 2 atom stereocenters. The highest BCUT2D eigenvalue weighted by Crippen LogP contribution is 2.23. The zero-order valence-corrected chi connectivity index (χ0v) is 28.5. The molecule has 10 nitrogen and oxygen atoms in total. The number of amides is 3. The number of rotatable bonds is 16. The second-order valence-corrected chi connectivity index (χ2v) is 12.3. The Balaban J connectivity index is 1.30. The smallest absolute Gasteiger partial charge is 0.408 e. The lowest BCUT2D eigenvalue weighted by Crippen LogP contribution is -2.52. The van der Waals surface area contributed by atoms with Crippen LogP contribution in [0.3, 0.4) is 0 Å². The van der Waals surface area contributed by atoms with E-state index in [2.05, 4.69) is 15.6 Å². The summed E-state index contributed by atoms with van der Waals surface area (Å²) < 4.78 is 13.1. The van der Waals surface area contributed by atoms with Gasteiger partial charge >= 0.3 is 6.09 Å². The summed E-state index contributed by atoms with van der Waals surface area (Å²) in [4.78, 5) is 46.1. The molecule has 0 saturated carbocycles. The number of alkyl carbamates (subject to hydrolysis) is 1. The van der Waals surface area contributed by atoms with Crippen LogP contribution < -0.4 is 15.4 Å². The van der Waals surface area contributed by atoms with Gasteiger partial charge in [-0.2, -0.15) is 0 Å². The first-order valence-electron chi connectivity index (χ1n) is 16.3. The number of ether oxygens (including phenoxy) is 2. The van der Waals surface area contributed by atoms with Gasteiger partial charge in [0.15, 0.2) is 0 Å². The molecule has 0 unspecified atom stereocenters. The van der Waals surface area contributed by atoms with Crippen LogP contribution in [-0.2, 0) is 40.6 Å². The summed E-state index contributed by atoms with van der Waals surface area (Å²) in [6.45, 7) is 2.67. The average molecular weight is 694 g/mol. The summed E-state index contributed by atoms with van der Waals surface area (Å²) >= 11 is 6.38. The quantitative estimate of drug-likeness (QED) is 0.124. The van der Waals surface area contributed by atoms with Crippen molar-refractivity contribution in [3.05, 3.63) is 155 Å². The van der Waals surface area contributed by atoms with E-state index < -0.39 is 18.0 Å². The molecular formula is C39H40ClN5O5. The molecule has 0 radical (unpaired) electrons. The number of carbonyl (C=O) groups excluding carboxylic acids is 3. The molecule has 0 fully saturated rings. The Labute approximate surface area is 297 Å². The predicted molar refractivity (Wildman–Crippen MR) is 191 cm³/mol. The molecule has 0 saturated heterocycles. The van der Waals surface area contributed by atoms with Crippen molar-refractivity contribution in [1.29, 1.82) is 0 Å². The van der Waals surface area contributed by atoms with Crippen LogP contribution in [-0.4, -0.2) is 51.5 Å². The van der Waals surface area contributed by atoms with Crippen molar-refractivity contribution in [3.8, 4) is 5.75 Å². The molecule has 0 spiro atoms. The van der Waals surface area contributed by atoms with E-state index in [1.165, 1.54) is 4.90 Å². The first-order chi connectivity index (χ1) is 24.3. The van der Waals surface area contributed by atoms with Crippen molar-refractivity contribution in [2.75, 3.05) is 13.1 Å². The number of aromatic nitrogens is 2. The van der Waals surface area contributed by atoms with E-state index in [0.29, 0.717) is 23.9 Å². The van der Waals surface area contributed by atoms with Gasteiger partial charge in [0.1, 0.15) is 25.0 Å². The van der Waals surface area contributed by atoms with E-state index in [1.54, 1.807) is 23.3 Å². The van der Waals surface area contributed by atoms with Crippen LogP contribution >= 0.6 is 11.6 Å². The van der Waals surface area contributed by atoms with Gasteiger partial charge in [0.05, 0.1) is 19.4 Å². The zero-order valence-electron chi connectivity index (χ0n) is 27.8. The molecule has 258 valence electrons. The predicted octanol–water partition coefficient (Wildman–Crippen LogP) is 6.36. The number of imidazole rings is 1. The Morgan fingerprint density at radius 3 is 2.16 bits per heavy atom. The minimum absolute atomic E-state index is 0.0348. The number of halogens is 1. The minimum Gasteiger partial charge on any atom is -0.489 e. The van der Waals surface area contributed by atoms with E-state index in [1.807, 2.05) is 116 Å². The second-order valence-electron chi connectivity index (χ2n) is 11.9. The van der Waals surface area contributed by atoms with Gasteiger partial charge in [0.25, 0.3) is 0 Å². The van der Waals surface area contributed by atoms with Gasteiger partial charge in [-0.1, -0.05) is 110 Å². The molecule has 1 aromatic heterocycles. The molecule has 3 amide bonds. The lowest BCUT2D eigenvalue weighted by atomic mass is 10.0. The number of nitrogens with zero attached hydrogens (tertiary/aromatic N) is 3. The third-order valence-electron chi connectivity index (χ3n) is 7.99. The molecule has 0 bridgehead atoms. The fourth-order valence-electron chi connectivity index (χ4n) is 5.26. The molecule has 4 aromatic carbocycles. The van der Waals surface area contributed by atoms with Crippen molar-refractivity contribution in [2.45, 2.75) is 45.2 Å². The highest BCUT2D eigenvalue weighted by atomic mass is 35.5. The monoisotopic (exact) mass is 693 g/mol. The fourth-order valence-corrected chi connectivity index (χ4v) is 5.59. The molecule has 2 N–H and O–H groups in total. The summed E-state index contributed by atoms with van der Waals surface area (Å²) in [6.07, 6.45) is 4.07. The van der Waals surface area contributed by atoms with Gasteiger partial charge in [-0.3, -0.25) is 9.59 Å². The standard InChI is InChI=1S/C39H40ClN5O5/c1-29(34-14-8-9-15-35(34)40)22-42-37(46)25-45(23-30-16-18-33(19-17-30)49-26-31-10-4-2-5-11-31)38(47)36(24-44-21-20-41-28-44)43-39(48)50-27-32-12-6-3-7-13-32/h2-21,28-29,36H,22-27H2,1H3,(H,42,46)(H,43,48)/t29-,36+/m1/s1. The van der Waals surface area contributed by atoms with Gasteiger partial charge < -0.3 is 29.6 Å². The maximum Gasteiger partial charge on any atom is 0.408 e. The van der Waals surface area contributed by atoms with E-state index in [-0.39, 0.29) is 38.1 Å². The number of benzene rings is 4. The maximum absolute atomic E-state index is 14.2. The first kappa shape index (κ1) is 35.7. The lowest BCUT2D eigenvalue weighted by molar-refractivity contribution is -0.138. The topological polar surface area (TPSA) is 115 Å². The third-order valence-corrected chi connectivity index (χ3v) is 8.33. The molecule has 5 aromatic rings. The summed E-state index contributed by atoms with van der Waals surface area (Å²) in [7, 11) is 0. The van der Waals surface area contributed by atoms with Crippen LogP contribution in [0.1, 0.15) is 35.1 Å². The van der Waals surface area contributed by atoms with E-state index in [9.17, 15) is 14.4 Å². The normalized spacial score (nSPS) is 12.0. The van der Waals surface area contributed by atoms with Crippen LogP contribution in [0.5, 0.6) is 5.75 Å². The highest BCUT2D eigenvalue weighted by molar-refractivity contribution is 6.31. The number of nitrogens with one attached hydrogen (secondary N) is 2. The van der Waals surface area contributed by atoms with Crippen molar-refractivity contribution >= 4 is 29.5 Å².